The van der Waals surface area contributed by atoms with Crippen LogP contribution in [0.25, 0.3) is 11.0 Å². The van der Waals surface area contributed by atoms with Gasteiger partial charge in [0.1, 0.15) is 11.3 Å². The first-order valence-corrected chi connectivity index (χ1v) is 7.93. The molecule has 1 heterocycles. The van der Waals surface area contributed by atoms with Gasteiger partial charge in [-0.3, -0.25) is 4.79 Å². The zero-order valence-electron chi connectivity index (χ0n) is 14.4. The van der Waals surface area contributed by atoms with Gasteiger partial charge >= 0.3 is 5.63 Å². The lowest BCUT2D eigenvalue weighted by atomic mass is 10.1. The first-order chi connectivity index (χ1) is 11.4. The van der Waals surface area contributed by atoms with Crippen molar-refractivity contribution in [2.75, 3.05) is 6.61 Å². The fourth-order valence-electron chi connectivity index (χ4n) is 2.33. The molecular weight excluding hydrogens is 308 g/mol. The number of nitrogens with zero attached hydrogens (tertiary/aromatic N) is 1. The number of carbonyl (C=O) groups is 1. The van der Waals surface area contributed by atoms with Crippen molar-refractivity contribution in [1.82, 2.24) is 5.43 Å². The second-order valence-electron chi connectivity index (χ2n) is 5.84. The predicted molar refractivity (Wildman–Crippen MR) is 93.4 cm³/mol. The average molecular weight is 330 g/mol. The first kappa shape index (κ1) is 17.7. The van der Waals surface area contributed by atoms with Crippen molar-refractivity contribution in [2.24, 2.45) is 11.0 Å². The van der Waals surface area contributed by atoms with Gasteiger partial charge in [-0.2, -0.15) is 5.10 Å². The lowest BCUT2D eigenvalue weighted by molar-refractivity contribution is -0.123. The van der Waals surface area contributed by atoms with E-state index in [1.165, 1.54) is 6.07 Å². The van der Waals surface area contributed by atoms with Crippen LogP contribution in [0.3, 0.4) is 0 Å². The Bertz CT molecular complexity index is 821. The monoisotopic (exact) mass is 330 g/mol. The molecule has 0 saturated heterocycles. The Labute approximate surface area is 140 Å². The molecule has 0 unspecified atom stereocenters. The maximum atomic E-state index is 11.8. The third-order valence-corrected chi connectivity index (χ3v) is 3.65. The summed E-state index contributed by atoms with van der Waals surface area (Å²) >= 11 is 0. The summed E-state index contributed by atoms with van der Waals surface area (Å²) in [5.41, 5.74) is 4.27. The number of nitrogens with one attached hydrogen (secondary N) is 1. The van der Waals surface area contributed by atoms with E-state index in [1.54, 1.807) is 18.2 Å². The average Bonchev–Trinajstić information content (AvgIpc) is 2.52. The zero-order chi connectivity index (χ0) is 17.7. The van der Waals surface area contributed by atoms with Crippen LogP contribution in [0.2, 0.25) is 0 Å². The summed E-state index contributed by atoms with van der Waals surface area (Å²) in [6.07, 6.45) is 0.780. The van der Waals surface area contributed by atoms with Crippen molar-refractivity contribution >= 4 is 22.6 Å². The van der Waals surface area contributed by atoms with E-state index >= 15 is 0 Å². The molecule has 24 heavy (non-hydrogen) atoms. The highest BCUT2D eigenvalue weighted by Gasteiger charge is 2.07. The van der Waals surface area contributed by atoms with Crippen LogP contribution in [0, 0.1) is 12.8 Å². The minimum atomic E-state index is -0.412. The van der Waals surface area contributed by atoms with Crippen molar-refractivity contribution in [3.63, 3.8) is 0 Å². The molecule has 128 valence electrons. The molecule has 6 nitrogen and oxygen atoms in total. The summed E-state index contributed by atoms with van der Waals surface area (Å²) in [7, 11) is 0. The van der Waals surface area contributed by atoms with Gasteiger partial charge in [-0.05, 0) is 37.0 Å². The molecule has 2 aromatic rings. The summed E-state index contributed by atoms with van der Waals surface area (Å²) in [6, 6.07) is 6.57. The molecule has 0 radical (unpaired) electrons. The quantitative estimate of drug-likeness (QED) is 0.501. The molecule has 0 saturated carbocycles. The molecule has 1 N–H and O–H groups in total. The predicted octanol–water partition coefficient (Wildman–Crippen LogP) is 3.02. The van der Waals surface area contributed by atoms with Gasteiger partial charge in [0, 0.05) is 23.2 Å². The fourth-order valence-corrected chi connectivity index (χ4v) is 2.33. The van der Waals surface area contributed by atoms with Crippen molar-refractivity contribution in [3.05, 3.63) is 40.2 Å². The van der Waals surface area contributed by atoms with Gasteiger partial charge in [0.25, 0.3) is 5.91 Å². The summed E-state index contributed by atoms with van der Waals surface area (Å²) in [5, 5.41) is 4.94. The molecule has 0 aliphatic heterocycles. The second-order valence-corrected chi connectivity index (χ2v) is 5.84. The number of ether oxygens (including phenoxy) is 1. The van der Waals surface area contributed by atoms with Crippen molar-refractivity contribution in [1.29, 1.82) is 0 Å². The van der Waals surface area contributed by atoms with E-state index in [-0.39, 0.29) is 18.4 Å². The molecule has 0 bridgehead atoms. The Hall–Kier alpha value is -2.63. The molecule has 0 aliphatic carbocycles. The summed E-state index contributed by atoms with van der Waals surface area (Å²) < 4.78 is 10.6. The lowest BCUT2D eigenvalue weighted by Crippen LogP contribution is -2.26. The van der Waals surface area contributed by atoms with Gasteiger partial charge in [-0.15, -0.1) is 0 Å². The van der Waals surface area contributed by atoms with E-state index in [0.29, 0.717) is 11.3 Å². The maximum Gasteiger partial charge on any atom is 0.336 e. The van der Waals surface area contributed by atoms with Crippen molar-refractivity contribution in [3.8, 4) is 5.75 Å². The molecule has 0 aliphatic rings. The first-order valence-electron chi connectivity index (χ1n) is 7.93. The van der Waals surface area contributed by atoms with E-state index in [1.807, 2.05) is 27.7 Å². The number of benzene rings is 1. The third-order valence-electron chi connectivity index (χ3n) is 3.65. The van der Waals surface area contributed by atoms with Crippen LogP contribution in [0.15, 0.2) is 38.6 Å². The van der Waals surface area contributed by atoms with Crippen LogP contribution in [0.4, 0.5) is 0 Å². The van der Waals surface area contributed by atoms with E-state index in [9.17, 15) is 9.59 Å². The van der Waals surface area contributed by atoms with Gasteiger partial charge in [0.05, 0.1) is 0 Å². The van der Waals surface area contributed by atoms with Gasteiger partial charge < -0.3 is 9.15 Å². The largest absolute Gasteiger partial charge is 0.484 e. The summed E-state index contributed by atoms with van der Waals surface area (Å²) in [4.78, 5) is 23.2. The summed E-state index contributed by atoms with van der Waals surface area (Å²) in [5.74, 6) is 0.394. The lowest BCUT2D eigenvalue weighted by Gasteiger charge is -2.09. The Balaban J connectivity index is 2.03. The second kappa shape index (κ2) is 7.77. The smallest absolute Gasteiger partial charge is 0.336 e. The molecule has 0 spiro atoms. The highest BCUT2D eigenvalue weighted by atomic mass is 16.5. The minimum Gasteiger partial charge on any atom is -0.484 e. The Morgan fingerprint density at radius 3 is 2.75 bits per heavy atom. The van der Waals surface area contributed by atoms with Crippen LogP contribution in [0.1, 0.15) is 32.8 Å². The normalized spacial score (nSPS) is 11.8. The maximum absolute atomic E-state index is 11.8. The number of hydrazone groups is 1. The summed E-state index contributed by atoms with van der Waals surface area (Å²) in [6.45, 7) is 7.71. The van der Waals surface area contributed by atoms with Crippen LogP contribution >= 0.6 is 0 Å². The van der Waals surface area contributed by atoms with E-state index < -0.39 is 5.63 Å². The Morgan fingerprint density at radius 2 is 2.08 bits per heavy atom. The topological polar surface area (TPSA) is 80.9 Å². The van der Waals surface area contributed by atoms with E-state index in [2.05, 4.69) is 10.5 Å². The van der Waals surface area contributed by atoms with Crippen molar-refractivity contribution < 1.29 is 13.9 Å². The molecule has 1 amide bonds. The van der Waals surface area contributed by atoms with Crippen LogP contribution in [-0.2, 0) is 4.79 Å². The van der Waals surface area contributed by atoms with Gasteiger partial charge in [0.2, 0.25) is 0 Å². The number of carbonyl (C=O) groups excluding carboxylic acids is 1. The number of fused-ring (bicyclic) bond motifs is 1. The molecule has 6 heteroatoms. The number of rotatable bonds is 6. The molecular formula is C18H22N2O4. The number of amides is 1. The van der Waals surface area contributed by atoms with Gasteiger partial charge in [0.15, 0.2) is 6.61 Å². The van der Waals surface area contributed by atoms with Crippen LogP contribution in [-0.4, -0.2) is 18.2 Å². The van der Waals surface area contributed by atoms with E-state index in [4.69, 9.17) is 9.15 Å². The highest BCUT2D eigenvalue weighted by Crippen LogP contribution is 2.22. The molecule has 1 aromatic carbocycles. The third kappa shape index (κ3) is 4.44. The van der Waals surface area contributed by atoms with Crippen LogP contribution in [0.5, 0.6) is 5.75 Å². The van der Waals surface area contributed by atoms with Gasteiger partial charge in [-0.1, -0.05) is 20.8 Å². The zero-order valence-corrected chi connectivity index (χ0v) is 14.4. The molecule has 2 rings (SSSR count). The number of aryl methyl sites for hydroxylation is 1. The highest BCUT2D eigenvalue weighted by molar-refractivity contribution is 5.88. The van der Waals surface area contributed by atoms with Gasteiger partial charge in [-0.25, -0.2) is 10.2 Å². The van der Waals surface area contributed by atoms with Crippen LogP contribution < -0.4 is 15.8 Å². The van der Waals surface area contributed by atoms with E-state index in [0.717, 1.165) is 23.1 Å². The number of hydrogen-bond acceptors (Lipinski definition) is 5. The van der Waals surface area contributed by atoms with Crippen molar-refractivity contribution in [2.45, 2.75) is 34.1 Å². The number of hydrogen-bond donors (Lipinski definition) is 1. The standard InChI is InChI=1S/C18H22N2O4/c1-5-15(11(2)3)19-20-17(21)10-23-13-6-7-14-12(4)8-18(22)24-16(14)9-13/h6-9,11H,5,10H2,1-4H3,(H,20,21)/b19-15-. The molecule has 0 atom stereocenters. The molecule has 1 aromatic heterocycles. The Kier molecular flexibility index (Phi) is 5.73. The minimum absolute atomic E-state index is 0.167. The fraction of sp³-hybridized carbons (Fsp3) is 0.389. The molecule has 0 fully saturated rings. The SMILES string of the molecule is CC/C(=N/NC(=O)COc1ccc2c(C)cc(=O)oc2c1)C(C)C. The Morgan fingerprint density at radius 1 is 1.33 bits per heavy atom.